The Balaban J connectivity index is 2.60. The average Bonchev–Trinajstić information content (AvgIpc) is 2.78. The molecular weight excluding hydrogens is 312 g/mol. The van der Waals surface area contributed by atoms with E-state index in [9.17, 15) is 13.2 Å². The molecule has 4 N–H and O–H groups in total. The molecule has 0 bridgehead atoms. The van der Waals surface area contributed by atoms with E-state index in [-0.39, 0.29) is 28.8 Å². The Morgan fingerprint density at radius 2 is 2.10 bits per heavy atom. The molecule has 1 heterocycles. The number of hydrogen-bond donors (Lipinski definition) is 3. The van der Waals surface area contributed by atoms with Crippen molar-refractivity contribution < 1.29 is 13.2 Å². The Hall–Kier alpha value is -1.35. The highest BCUT2D eigenvalue weighted by Gasteiger charge is 2.23. The summed E-state index contributed by atoms with van der Waals surface area (Å²) in [5, 5.41) is 6.12. The van der Waals surface area contributed by atoms with Crippen LogP contribution >= 0.6 is 11.5 Å². The minimum atomic E-state index is -3.43. The quantitative estimate of drug-likeness (QED) is 0.656. The topological polar surface area (TPSA) is 114 Å². The van der Waals surface area contributed by atoms with Gasteiger partial charge in [-0.05, 0) is 17.5 Å². The Kier molecular flexibility index (Phi) is 6.41. The van der Waals surface area contributed by atoms with Gasteiger partial charge in [0.1, 0.15) is 9.90 Å². The molecule has 0 spiro atoms. The molecule has 1 aromatic rings. The van der Waals surface area contributed by atoms with E-state index in [0.717, 1.165) is 11.5 Å². The number of sulfone groups is 1. The van der Waals surface area contributed by atoms with Crippen molar-refractivity contribution in [2.75, 3.05) is 29.9 Å². The van der Waals surface area contributed by atoms with Crippen molar-refractivity contribution in [3.63, 3.8) is 0 Å². The molecule has 0 aliphatic heterocycles. The van der Waals surface area contributed by atoms with Crippen LogP contribution < -0.4 is 16.4 Å². The third-order valence-corrected chi connectivity index (χ3v) is 5.45. The van der Waals surface area contributed by atoms with Gasteiger partial charge in [-0.15, -0.1) is 0 Å². The van der Waals surface area contributed by atoms with Crippen molar-refractivity contribution >= 4 is 38.1 Å². The first-order chi connectivity index (χ1) is 9.77. The molecule has 1 rings (SSSR count). The number of nitrogens with one attached hydrogen (secondary N) is 2. The number of anilines is 2. The van der Waals surface area contributed by atoms with E-state index in [1.165, 1.54) is 0 Å². The smallest absolute Gasteiger partial charge is 0.221 e. The van der Waals surface area contributed by atoms with Gasteiger partial charge < -0.3 is 16.4 Å². The molecule has 21 heavy (non-hydrogen) atoms. The lowest BCUT2D eigenvalue weighted by Gasteiger charge is -2.09. The lowest BCUT2D eigenvalue weighted by molar-refractivity contribution is -0.120. The summed E-state index contributed by atoms with van der Waals surface area (Å²) >= 11 is 0.991. The Morgan fingerprint density at radius 1 is 1.43 bits per heavy atom. The first kappa shape index (κ1) is 17.7. The number of carbonyl (C=O) groups is 1. The summed E-state index contributed by atoms with van der Waals surface area (Å²) in [4.78, 5) is 11.6. The monoisotopic (exact) mass is 334 g/mol. The molecule has 120 valence electrons. The van der Waals surface area contributed by atoms with E-state index in [1.807, 2.05) is 13.8 Å². The van der Waals surface area contributed by atoms with Gasteiger partial charge in [0, 0.05) is 19.5 Å². The molecule has 0 unspecified atom stereocenters. The van der Waals surface area contributed by atoms with Crippen LogP contribution in [0.4, 0.5) is 10.8 Å². The van der Waals surface area contributed by atoms with Crippen LogP contribution in [0.3, 0.4) is 0 Å². The molecule has 0 aliphatic carbocycles. The summed E-state index contributed by atoms with van der Waals surface area (Å²) in [6.45, 7) is 6.54. The first-order valence-corrected chi connectivity index (χ1v) is 9.19. The summed E-state index contributed by atoms with van der Waals surface area (Å²) in [5.41, 5.74) is 5.62. The van der Waals surface area contributed by atoms with E-state index >= 15 is 0 Å². The summed E-state index contributed by atoms with van der Waals surface area (Å²) < 4.78 is 27.8. The molecule has 0 saturated carbocycles. The van der Waals surface area contributed by atoms with Crippen LogP contribution in [0.2, 0.25) is 0 Å². The van der Waals surface area contributed by atoms with Gasteiger partial charge in [-0.25, -0.2) is 8.42 Å². The second-order valence-corrected chi connectivity index (χ2v) is 7.99. The number of amides is 1. The second-order valence-electron chi connectivity index (χ2n) is 5.00. The standard InChI is InChI=1S/C12H22N4O3S2/c1-4-21(18,19)10-11(13)16-20-12(10)14-6-5-9(17)15-7-8(2)3/h8,14H,4-7H2,1-3H3,(H2,13,16)(H,15,17). The second kappa shape index (κ2) is 7.60. The van der Waals surface area contributed by atoms with Crippen molar-refractivity contribution in [3.8, 4) is 0 Å². The summed E-state index contributed by atoms with van der Waals surface area (Å²) in [7, 11) is -3.43. The fraction of sp³-hybridized carbons (Fsp3) is 0.667. The van der Waals surface area contributed by atoms with Crippen LogP contribution in [0.5, 0.6) is 0 Å². The molecule has 7 nitrogen and oxygen atoms in total. The highest BCUT2D eigenvalue weighted by atomic mass is 32.2. The van der Waals surface area contributed by atoms with Crippen LogP contribution in [0.15, 0.2) is 4.90 Å². The SMILES string of the molecule is CCS(=O)(=O)c1c(N)nsc1NCCC(=O)NCC(C)C. The predicted octanol–water partition coefficient (Wildman–Crippen LogP) is 1.09. The minimum Gasteiger partial charge on any atom is -0.382 e. The molecule has 0 fully saturated rings. The van der Waals surface area contributed by atoms with Crippen molar-refractivity contribution in [2.24, 2.45) is 5.92 Å². The molecule has 1 aromatic heterocycles. The number of nitrogens with two attached hydrogens (primary N) is 1. The van der Waals surface area contributed by atoms with Gasteiger partial charge in [-0.3, -0.25) is 4.79 Å². The summed E-state index contributed by atoms with van der Waals surface area (Å²) in [5.74, 6) is 0.283. The fourth-order valence-electron chi connectivity index (χ4n) is 1.55. The Morgan fingerprint density at radius 3 is 2.67 bits per heavy atom. The van der Waals surface area contributed by atoms with Crippen LogP contribution in [0, 0.1) is 5.92 Å². The largest absolute Gasteiger partial charge is 0.382 e. The van der Waals surface area contributed by atoms with Crippen molar-refractivity contribution in [3.05, 3.63) is 0 Å². The molecule has 0 radical (unpaired) electrons. The van der Waals surface area contributed by atoms with E-state index in [0.29, 0.717) is 24.0 Å². The maximum Gasteiger partial charge on any atom is 0.221 e. The number of carbonyl (C=O) groups excluding carboxylic acids is 1. The zero-order valence-corrected chi connectivity index (χ0v) is 14.1. The zero-order chi connectivity index (χ0) is 16.0. The molecule has 0 aliphatic rings. The maximum atomic E-state index is 11.9. The fourth-order valence-corrected chi connectivity index (χ4v) is 3.74. The molecule has 0 saturated heterocycles. The molecule has 1 amide bonds. The van der Waals surface area contributed by atoms with Crippen LogP contribution in [-0.2, 0) is 14.6 Å². The summed E-state index contributed by atoms with van der Waals surface area (Å²) in [6, 6.07) is 0. The molecule has 9 heteroatoms. The van der Waals surface area contributed by atoms with Gasteiger partial charge in [-0.1, -0.05) is 20.8 Å². The van der Waals surface area contributed by atoms with E-state index in [2.05, 4.69) is 15.0 Å². The summed E-state index contributed by atoms with van der Waals surface area (Å²) in [6.07, 6.45) is 0.260. The molecule has 0 aromatic carbocycles. The van der Waals surface area contributed by atoms with E-state index < -0.39 is 9.84 Å². The lowest BCUT2D eigenvalue weighted by atomic mass is 10.2. The molecule has 0 atom stereocenters. The number of nitrogen functional groups attached to an aromatic ring is 1. The lowest BCUT2D eigenvalue weighted by Crippen LogP contribution is -2.28. The van der Waals surface area contributed by atoms with Gasteiger partial charge in [-0.2, -0.15) is 4.37 Å². The predicted molar refractivity (Wildman–Crippen MR) is 85.2 cm³/mol. The number of aromatic nitrogens is 1. The number of rotatable bonds is 8. The third-order valence-electron chi connectivity index (χ3n) is 2.71. The molecular formula is C12H22N4O3S2. The van der Waals surface area contributed by atoms with Crippen LogP contribution in [-0.4, -0.2) is 37.5 Å². The van der Waals surface area contributed by atoms with Crippen LogP contribution in [0.1, 0.15) is 27.2 Å². The first-order valence-electron chi connectivity index (χ1n) is 6.76. The van der Waals surface area contributed by atoms with E-state index in [1.54, 1.807) is 6.92 Å². The highest BCUT2D eigenvalue weighted by molar-refractivity contribution is 7.91. The van der Waals surface area contributed by atoms with Gasteiger partial charge in [0.05, 0.1) is 5.75 Å². The zero-order valence-electron chi connectivity index (χ0n) is 12.5. The Labute approximate surface area is 129 Å². The van der Waals surface area contributed by atoms with Gasteiger partial charge in [0.15, 0.2) is 15.7 Å². The maximum absolute atomic E-state index is 11.9. The third kappa shape index (κ3) is 5.16. The average molecular weight is 334 g/mol. The van der Waals surface area contributed by atoms with Gasteiger partial charge >= 0.3 is 0 Å². The highest BCUT2D eigenvalue weighted by Crippen LogP contribution is 2.32. The van der Waals surface area contributed by atoms with Gasteiger partial charge in [0.25, 0.3) is 0 Å². The van der Waals surface area contributed by atoms with Crippen LogP contribution in [0.25, 0.3) is 0 Å². The van der Waals surface area contributed by atoms with Crippen molar-refractivity contribution in [1.82, 2.24) is 9.69 Å². The number of hydrogen-bond acceptors (Lipinski definition) is 7. The number of nitrogens with zero attached hydrogens (tertiary/aromatic N) is 1. The van der Waals surface area contributed by atoms with Gasteiger partial charge in [0.2, 0.25) is 5.91 Å². The van der Waals surface area contributed by atoms with Crippen molar-refractivity contribution in [1.29, 1.82) is 0 Å². The normalized spacial score (nSPS) is 11.6. The van der Waals surface area contributed by atoms with E-state index in [4.69, 9.17) is 5.73 Å². The minimum absolute atomic E-state index is 0.00797. The van der Waals surface area contributed by atoms with Crippen molar-refractivity contribution in [2.45, 2.75) is 32.1 Å². The Bertz CT molecular complexity index is 581.